The fourth-order valence-corrected chi connectivity index (χ4v) is 5.02. The molecule has 1 fully saturated rings. The van der Waals surface area contributed by atoms with Crippen LogP contribution >= 0.6 is 0 Å². The minimum atomic E-state index is -0.753. The van der Waals surface area contributed by atoms with Crippen LogP contribution in [0.3, 0.4) is 0 Å². The molecule has 0 radical (unpaired) electrons. The maximum absolute atomic E-state index is 13.6. The fourth-order valence-electron chi connectivity index (χ4n) is 5.02. The highest BCUT2D eigenvalue weighted by Crippen LogP contribution is 2.41. The maximum atomic E-state index is 13.6. The molecule has 216 valence electrons. The van der Waals surface area contributed by atoms with Gasteiger partial charge in [-0.3, -0.25) is 9.59 Å². The molecule has 3 aromatic carbocycles. The highest BCUT2D eigenvalue weighted by Gasteiger charge is 2.46. The number of aliphatic hydroxyl groups excluding tert-OH is 1. The summed E-state index contributed by atoms with van der Waals surface area (Å²) in [4.78, 5) is 28.6. The van der Waals surface area contributed by atoms with Crippen molar-refractivity contribution < 1.29 is 24.2 Å². The van der Waals surface area contributed by atoms with Crippen molar-refractivity contribution in [2.45, 2.75) is 66.5 Å². The van der Waals surface area contributed by atoms with Gasteiger partial charge in [0.2, 0.25) is 0 Å². The minimum Gasteiger partial charge on any atom is -0.507 e. The Hall–Kier alpha value is -4.06. The third-order valence-corrected chi connectivity index (χ3v) is 7.22. The monoisotopic (exact) mass is 555 g/mol. The van der Waals surface area contributed by atoms with Crippen LogP contribution in [-0.2, 0) is 21.5 Å². The fraction of sp³-hybridized carbons (Fsp3) is 0.371. The second-order valence-electron chi connectivity index (χ2n) is 12.1. The van der Waals surface area contributed by atoms with Crippen LogP contribution in [0.25, 0.3) is 5.76 Å². The van der Waals surface area contributed by atoms with Crippen molar-refractivity contribution in [1.29, 1.82) is 0 Å². The van der Waals surface area contributed by atoms with Crippen molar-refractivity contribution in [3.63, 3.8) is 0 Å². The lowest BCUT2D eigenvalue weighted by Crippen LogP contribution is -2.29. The number of rotatable bonds is 9. The van der Waals surface area contributed by atoms with Crippen LogP contribution in [0.1, 0.15) is 75.4 Å². The summed E-state index contributed by atoms with van der Waals surface area (Å²) in [6.45, 7) is 15.7. The molecular formula is C35H41NO5. The molecule has 0 spiro atoms. The van der Waals surface area contributed by atoms with Crippen molar-refractivity contribution >= 4 is 17.4 Å². The lowest BCUT2D eigenvalue weighted by atomic mass is 9.85. The Kier molecular flexibility index (Phi) is 8.91. The molecule has 1 aliphatic rings. The first-order chi connectivity index (χ1) is 19.4. The minimum absolute atomic E-state index is 0.0586. The molecule has 0 saturated carbocycles. The molecular weight excluding hydrogens is 514 g/mol. The number of carbonyl (C=O) groups is 2. The number of carbonyl (C=O) groups excluding carboxylic acids is 2. The second-order valence-corrected chi connectivity index (χ2v) is 12.1. The lowest BCUT2D eigenvalue weighted by molar-refractivity contribution is -0.140. The predicted molar refractivity (Wildman–Crippen MR) is 162 cm³/mol. The van der Waals surface area contributed by atoms with Crippen molar-refractivity contribution in [2.24, 2.45) is 5.92 Å². The van der Waals surface area contributed by atoms with E-state index < -0.39 is 17.7 Å². The molecule has 0 aliphatic carbocycles. The molecule has 1 N–H and O–H groups in total. The maximum Gasteiger partial charge on any atom is 0.295 e. The number of ether oxygens (including phenoxy) is 2. The summed E-state index contributed by atoms with van der Waals surface area (Å²) < 4.78 is 11.6. The molecule has 1 aliphatic heterocycles. The average molecular weight is 556 g/mol. The van der Waals surface area contributed by atoms with Crippen molar-refractivity contribution in [2.75, 3.05) is 13.2 Å². The van der Waals surface area contributed by atoms with Gasteiger partial charge in [0, 0.05) is 12.1 Å². The Balaban J connectivity index is 1.80. The Labute approximate surface area is 243 Å². The van der Waals surface area contributed by atoms with E-state index in [2.05, 4.69) is 34.6 Å². The molecule has 1 unspecified atom stereocenters. The Morgan fingerprint density at radius 1 is 0.976 bits per heavy atom. The standard InChI is InChI=1S/C35H41NO5/c1-8-40-28-11-9-10-24(19-28)20-36-31(25-12-15-27(16-13-25)35(5,6)7)30(33(38)34(36)39)32(37)26-14-17-29(23(4)18-26)41-21-22(2)3/h9-19,22,31,37H,8,20-21H2,1-7H3/b32-30-. The number of aliphatic hydroxyl groups is 1. The van der Waals surface area contributed by atoms with Gasteiger partial charge in [-0.25, -0.2) is 0 Å². The van der Waals surface area contributed by atoms with Crippen LogP contribution in [0.5, 0.6) is 11.5 Å². The van der Waals surface area contributed by atoms with Gasteiger partial charge >= 0.3 is 0 Å². The number of nitrogens with zero attached hydrogens (tertiary/aromatic N) is 1. The summed E-state index contributed by atoms with van der Waals surface area (Å²) in [5, 5.41) is 11.6. The van der Waals surface area contributed by atoms with E-state index in [4.69, 9.17) is 9.47 Å². The normalized spacial score (nSPS) is 16.9. The van der Waals surface area contributed by atoms with E-state index in [0.717, 1.165) is 28.0 Å². The van der Waals surface area contributed by atoms with Gasteiger partial charge in [0.25, 0.3) is 11.7 Å². The van der Waals surface area contributed by atoms with Crippen molar-refractivity contribution in [3.8, 4) is 11.5 Å². The van der Waals surface area contributed by atoms with Gasteiger partial charge in [0.1, 0.15) is 17.3 Å². The molecule has 0 aromatic heterocycles. The molecule has 3 aromatic rings. The number of hydrogen-bond acceptors (Lipinski definition) is 5. The summed E-state index contributed by atoms with van der Waals surface area (Å²) in [5.74, 6) is 0.245. The van der Waals surface area contributed by atoms with Crippen molar-refractivity contribution in [1.82, 2.24) is 4.90 Å². The van der Waals surface area contributed by atoms with Crippen molar-refractivity contribution in [3.05, 3.63) is 100 Å². The molecule has 6 nitrogen and oxygen atoms in total. The first kappa shape index (κ1) is 29.9. The summed E-state index contributed by atoms with van der Waals surface area (Å²) in [6, 6.07) is 20.0. The largest absolute Gasteiger partial charge is 0.507 e. The third-order valence-electron chi connectivity index (χ3n) is 7.22. The topological polar surface area (TPSA) is 76.1 Å². The summed E-state index contributed by atoms with van der Waals surface area (Å²) in [6.07, 6.45) is 0. The number of hydrogen-bond donors (Lipinski definition) is 1. The zero-order valence-electron chi connectivity index (χ0n) is 25.2. The zero-order valence-corrected chi connectivity index (χ0v) is 25.2. The van der Waals surface area contributed by atoms with E-state index in [1.807, 2.05) is 62.4 Å². The zero-order chi connectivity index (χ0) is 29.9. The predicted octanol–water partition coefficient (Wildman–Crippen LogP) is 7.35. The molecule has 4 rings (SSSR count). The van der Waals surface area contributed by atoms with Gasteiger partial charge in [-0.2, -0.15) is 0 Å². The third kappa shape index (κ3) is 6.64. The number of benzene rings is 3. The Morgan fingerprint density at radius 2 is 1.68 bits per heavy atom. The molecule has 6 heteroatoms. The summed E-state index contributed by atoms with van der Waals surface area (Å²) in [7, 11) is 0. The summed E-state index contributed by atoms with van der Waals surface area (Å²) in [5.41, 5.74) is 4.04. The molecule has 1 amide bonds. The van der Waals surface area contributed by atoms with E-state index >= 15 is 0 Å². The number of aryl methyl sites for hydroxylation is 1. The van der Waals surface area contributed by atoms with Crippen LogP contribution < -0.4 is 9.47 Å². The Morgan fingerprint density at radius 3 is 2.29 bits per heavy atom. The molecule has 1 atom stereocenters. The van der Waals surface area contributed by atoms with Crippen LogP contribution in [0.15, 0.2) is 72.3 Å². The smallest absolute Gasteiger partial charge is 0.295 e. The second kappa shape index (κ2) is 12.2. The SMILES string of the molecule is CCOc1cccc(CN2C(=O)C(=O)/C(=C(\O)c3ccc(OCC(C)C)c(C)c3)C2c2ccc(C(C)(C)C)cc2)c1. The molecule has 0 bridgehead atoms. The highest BCUT2D eigenvalue weighted by molar-refractivity contribution is 6.46. The number of Topliss-reactive ketones (excluding diaryl/α,β-unsaturated/α-hetero) is 1. The number of likely N-dealkylation sites (tertiary alicyclic amines) is 1. The highest BCUT2D eigenvalue weighted by atomic mass is 16.5. The number of ketones is 1. The van der Waals surface area contributed by atoms with Gasteiger partial charge in [-0.05, 0) is 77.8 Å². The van der Waals surface area contributed by atoms with Crippen LogP contribution in [0, 0.1) is 12.8 Å². The molecule has 1 saturated heterocycles. The van der Waals surface area contributed by atoms with Crippen LogP contribution in [-0.4, -0.2) is 34.9 Å². The summed E-state index contributed by atoms with van der Waals surface area (Å²) >= 11 is 0. The van der Waals surface area contributed by atoms with Gasteiger partial charge < -0.3 is 19.5 Å². The first-order valence-electron chi connectivity index (χ1n) is 14.2. The first-order valence-corrected chi connectivity index (χ1v) is 14.2. The van der Waals surface area contributed by atoms with E-state index in [1.54, 1.807) is 18.2 Å². The van der Waals surface area contributed by atoms with Crippen LogP contribution in [0.2, 0.25) is 0 Å². The van der Waals surface area contributed by atoms with Gasteiger partial charge in [0.15, 0.2) is 0 Å². The van der Waals surface area contributed by atoms with E-state index in [0.29, 0.717) is 30.4 Å². The van der Waals surface area contributed by atoms with Crippen LogP contribution in [0.4, 0.5) is 0 Å². The number of amides is 1. The molecule has 1 heterocycles. The Bertz CT molecular complexity index is 1450. The van der Waals surface area contributed by atoms with E-state index in [-0.39, 0.29) is 23.3 Å². The van der Waals surface area contributed by atoms with Gasteiger partial charge in [-0.1, -0.05) is 71.0 Å². The van der Waals surface area contributed by atoms with E-state index in [1.165, 1.54) is 4.90 Å². The van der Waals surface area contributed by atoms with Gasteiger partial charge in [0.05, 0.1) is 24.8 Å². The lowest BCUT2D eigenvalue weighted by Gasteiger charge is -2.27. The van der Waals surface area contributed by atoms with Gasteiger partial charge in [-0.15, -0.1) is 0 Å². The average Bonchev–Trinajstić information content (AvgIpc) is 3.16. The molecule has 41 heavy (non-hydrogen) atoms. The quantitative estimate of drug-likeness (QED) is 0.170. The van der Waals surface area contributed by atoms with E-state index in [9.17, 15) is 14.7 Å².